The van der Waals surface area contributed by atoms with E-state index in [9.17, 15) is 9.90 Å². The van der Waals surface area contributed by atoms with Crippen LogP contribution in [-0.4, -0.2) is 66.1 Å². The van der Waals surface area contributed by atoms with Gasteiger partial charge >= 0.3 is 0 Å². The van der Waals surface area contributed by atoms with Crippen molar-refractivity contribution in [1.29, 1.82) is 0 Å². The van der Waals surface area contributed by atoms with E-state index in [1.165, 1.54) is 25.7 Å². The third-order valence-corrected chi connectivity index (χ3v) is 10.6. The SMILES string of the molecule is CN1CCN(C[C@@]2(O)CC[C@@]3(C)[C@@H](CC[C@@H]4[C@@H]3CC[C@]3(C)C(=O)CC[C@@H]43)C2)CC1. The van der Waals surface area contributed by atoms with Crippen LogP contribution in [0.1, 0.15) is 71.6 Å². The molecule has 0 spiro atoms. The largest absolute Gasteiger partial charge is 0.389 e. The second-order valence-corrected chi connectivity index (χ2v) is 12.1. The van der Waals surface area contributed by atoms with Gasteiger partial charge in [0.05, 0.1) is 5.60 Å². The molecule has 1 saturated heterocycles. The number of aliphatic hydroxyl groups is 1. The molecule has 4 nitrogen and oxygen atoms in total. The molecule has 0 amide bonds. The van der Waals surface area contributed by atoms with Crippen LogP contribution in [0.3, 0.4) is 0 Å². The predicted octanol–water partition coefficient (Wildman–Crippen LogP) is 3.58. The highest BCUT2D eigenvalue weighted by Gasteiger charge is 2.61. The van der Waals surface area contributed by atoms with Crippen LogP contribution in [0.4, 0.5) is 0 Å². The third-order valence-electron chi connectivity index (χ3n) is 10.6. The summed E-state index contributed by atoms with van der Waals surface area (Å²) in [5.41, 5.74) is -0.120. The molecule has 164 valence electrons. The van der Waals surface area contributed by atoms with Gasteiger partial charge in [0.25, 0.3) is 0 Å². The topological polar surface area (TPSA) is 43.8 Å². The summed E-state index contributed by atoms with van der Waals surface area (Å²) < 4.78 is 0. The molecular weight excluding hydrogens is 360 g/mol. The van der Waals surface area contributed by atoms with E-state index >= 15 is 0 Å². The first-order valence-corrected chi connectivity index (χ1v) is 12.4. The number of rotatable bonds is 2. The van der Waals surface area contributed by atoms with Crippen LogP contribution in [0, 0.1) is 34.5 Å². The number of fused-ring (bicyclic) bond motifs is 5. The normalized spacial score (nSPS) is 51.4. The van der Waals surface area contributed by atoms with Gasteiger partial charge in [0.1, 0.15) is 5.78 Å². The van der Waals surface area contributed by atoms with Crippen LogP contribution >= 0.6 is 0 Å². The van der Waals surface area contributed by atoms with E-state index in [-0.39, 0.29) is 5.41 Å². The van der Waals surface area contributed by atoms with Crippen LogP contribution in [-0.2, 0) is 4.79 Å². The molecule has 4 heteroatoms. The summed E-state index contributed by atoms with van der Waals surface area (Å²) in [6.45, 7) is 10.2. The van der Waals surface area contributed by atoms with Crippen molar-refractivity contribution in [2.45, 2.75) is 77.2 Å². The summed E-state index contributed by atoms with van der Waals surface area (Å²) in [6.07, 6.45) is 10.0. The first-order valence-electron chi connectivity index (χ1n) is 12.4. The maximum atomic E-state index is 12.6. The Morgan fingerprint density at radius 3 is 2.48 bits per heavy atom. The molecule has 5 aliphatic rings. The summed E-state index contributed by atoms with van der Waals surface area (Å²) in [6, 6.07) is 0. The van der Waals surface area contributed by atoms with Crippen LogP contribution in [0.25, 0.3) is 0 Å². The van der Waals surface area contributed by atoms with E-state index in [2.05, 4.69) is 30.7 Å². The predicted molar refractivity (Wildman–Crippen MR) is 116 cm³/mol. The summed E-state index contributed by atoms with van der Waals surface area (Å²) in [7, 11) is 2.20. The van der Waals surface area contributed by atoms with Crippen molar-refractivity contribution < 1.29 is 9.90 Å². The highest BCUT2D eigenvalue weighted by atomic mass is 16.3. The van der Waals surface area contributed by atoms with E-state index in [0.717, 1.165) is 76.7 Å². The van der Waals surface area contributed by atoms with Crippen LogP contribution in [0.2, 0.25) is 0 Å². The molecule has 0 aromatic rings. The highest BCUT2D eigenvalue weighted by Crippen LogP contribution is 2.66. The lowest BCUT2D eigenvalue weighted by Gasteiger charge is -2.61. The van der Waals surface area contributed by atoms with Gasteiger partial charge in [0.15, 0.2) is 0 Å². The maximum Gasteiger partial charge on any atom is 0.139 e. The van der Waals surface area contributed by atoms with Crippen LogP contribution in [0.15, 0.2) is 0 Å². The average molecular weight is 403 g/mol. The van der Waals surface area contributed by atoms with E-state index in [4.69, 9.17) is 0 Å². The third kappa shape index (κ3) is 3.24. The fourth-order valence-corrected chi connectivity index (χ4v) is 8.66. The monoisotopic (exact) mass is 402 g/mol. The number of nitrogens with zero attached hydrogens (tertiary/aromatic N) is 2. The number of hydrogen-bond donors (Lipinski definition) is 1. The number of carbonyl (C=O) groups is 1. The van der Waals surface area contributed by atoms with Crippen molar-refractivity contribution in [2.24, 2.45) is 34.5 Å². The number of piperazine rings is 1. The Balaban J connectivity index is 1.29. The summed E-state index contributed by atoms with van der Waals surface area (Å²) >= 11 is 0. The van der Waals surface area contributed by atoms with Gasteiger partial charge in [-0.25, -0.2) is 0 Å². The zero-order valence-corrected chi connectivity index (χ0v) is 19.0. The van der Waals surface area contributed by atoms with Crippen molar-refractivity contribution in [1.82, 2.24) is 9.80 Å². The highest BCUT2D eigenvalue weighted by molar-refractivity contribution is 5.87. The molecule has 0 bridgehead atoms. The molecule has 4 aliphatic carbocycles. The lowest BCUT2D eigenvalue weighted by molar-refractivity contribution is -0.157. The first kappa shape index (κ1) is 20.5. The van der Waals surface area contributed by atoms with Crippen molar-refractivity contribution in [3.8, 4) is 0 Å². The van der Waals surface area contributed by atoms with Crippen molar-refractivity contribution in [2.75, 3.05) is 39.8 Å². The van der Waals surface area contributed by atoms with Gasteiger partial charge in [0.2, 0.25) is 0 Å². The fourth-order valence-electron chi connectivity index (χ4n) is 8.66. The van der Waals surface area contributed by atoms with Crippen molar-refractivity contribution in [3.05, 3.63) is 0 Å². The number of β-amino-alcohol motifs (C(OH)–C–C–N with tert-alkyl or cyclic N) is 1. The molecule has 0 aromatic heterocycles. The molecular formula is C25H42N2O2. The molecule has 0 aromatic carbocycles. The minimum absolute atomic E-state index is 0.0127. The molecule has 29 heavy (non-hydrogen) atoms. The summed E-state index contributed by atoms with van der Waals surface area (Å²) in [4.78, 5) is 17.5. The number of carbonyl (C=O) groups excluding carboxylic acids is 1. The molecule has 7 atom stereocenters. The van der Waals surface area contributed by atoms with Crippen molar-refractivity contribution in [3.63, 3.8) is 0 Å². The van der Waals surface area contributed by atoms with E-state index < -0.39 is 5.60 Å². The lowest BCUT2D eigenvalue weighted by atomic mass is 9.44. The van der Waals surface area contributed by atoms with Crippen LogP contribution in [0.5, 0.6) is 0 Å². The van der Waals surface area contributed by atoms with Gasteiger partial charge in [-0.1, -0.05) is 13.8 Å². The number of ketones is 1. The minimum Gasteiger partial charge on any atom is -0.389 e. The van der Waals surface area contributed by atoms with Crippen molar-refractivity contribution >= 4 is 5.78 Å². The summed E-state index contributed by atoms with van der Waals surface area (Å²) in [5.74, 6) is 3.39. The molecule has 4 saturated carbocycles. The van der Waals surface area contributed by atoms with Crippen LogP contribution < -0.4 is 0 Å². The summed E-state index contributed by atoms with van der Waals surface area (Å²) in [5, 5.41) is 11.6. The van der Waals surface area contributed by atoms with Gasteiger partial charge in [-0.05, 0) is 87.5 Å². The zero-order valence-electron chi connectivity index (χ0n) is 19.0. The second-order valence-electron chi connectivity index (χ2n) is 12.1. The average Bonchev–Trinajstić information content (AvgIpc) is 2.99. The van der Waals surface area contributed by atoms with Gasteiger partial charge < -0.3 is 10.0 Å². The molecule has 1 heterocycles. The second kappa shape index (κ2) is 7.03. The Bertz CT molecular complexity index is 659. The molecule has 1 N–H and O–H groups in total. The Labute approximate surface area is 177 Å². The fraction of sp³-hybridized carbons (Fsp3) is 0.960. The minimum atomic E-state index is -0.487. The Kier molecular flexibility index (Phi) is 4.96. The molecule has 1 aliphatic heterocycles. The Hall–Kier alpha value is -0.450. The molecule has 0 unspecified atom stereocenters. The standard InChI is InChI=1S/C25H42N2O2/c1-23-10-11-25(29,17-27-14-12-26(3)13-15-27)16-18(23)4-5-19-20-6-7-22(28)24(20,2)9-8-21(19)23/h18-21,29H,4-17H2,1-3H3/t18-,19-,20-,21-,23-,24-,25+/m0/s1. The van der Waals surface area contributed by atoms with E-state index in [1.54, 1.807) is 0 Å². The molecule has 0 radical (unpaired) electrons. The van der Waals surface area contributed by atoms with Gasteiger partial charge in [-0.2, -0.15) is 0 Å². The number of likely N-dealkylation sites (N-methyl/N-ethyl adjacent to an activating group) is 1. The Morgan fingerprint density at radius 1 is 0.966 bits per heavy atom. The maximum absolute atomic E-state index is 12.6. The Morgan fingerprint density at radius 2 is 1.72 bits per heavy atom. The number of hydrogen-bond acceptors (Lipinski definition) is 4. The van der Waals surface area contributed by atoms with E-state index in [1.807, 2.05) is 0 Å². The lowest BCUT2D eigenvalue weighted by Crippen LogP contribution is -2.58. The zero-order chi connectivity index (χ0) is 20.4. The quantitative estimate of drug-likeness (QED) is 0.767. The van der Waals surface area contributed by atoms with Gasteiger partial charge in [-0.15, -0.1) is 0 Å². The number of Topliss-reactive ketones (excluding diaryl/α,β-unsaturated/α-hetero) is 1. The molecule has 5 fully saturated rings. The first-order chi connectivity index (χ1) is 13.7. The smallest absolute Gasteiger partial charge is 0.139 e. The van der Waals surface area contributed by atoms with Gasteiger partial charge in [0, 0.05) is 44.6 Å². The van der Waals surface area contributed by atoms with E-state index in [0.29, 0.717) is 23.0 Å². The molecule has 5 rings (SSSR count). The van der Waals surface area contributed by atoms with Gasteiger partial charge in [-0.3, -0.25) is 9.69 Å².